The summed E-state index contributed by atoms with van der Waals surface area (Å²) in [6.45, 7) is 2.51. The molecule has 3 rings (SSSR count). The fraction of sp³-hybridized carbons (Fsp3) is 0.522. The van der Waals surface area contributed by atoms with Crippen molar-refractivity contribution >= 4 is 11.6 Å². The number of carbonyl (C=O) groups is 1. The van der Waals surface area contributed by atoms with Crippen LogP contribution in [0.15, 0.2) is 30.3 Å². The van der Waals surface area contributed by atoms with Gasteiger partial charge in [-0.2, -0.15) is 26.3 Å². The number of halogens is 6. The van der Waals surface area contributed by atoms with Gasteiger partial charge >= 0.3 is 12.4 Å². The van der Waals surface area contributed by atoms with Crippen LogP contribution in [0, 0.1) is 5.92 Å². The van der Waals surface area contributed by atoms with Gasteiger partial charge in [-0.3, -0.25) is 4.79 Å². The highest BCUT2D eigenvalue weighted by molar-refractivity contribution is 5.81. The highest BCUT2D eigenvalue weighted by Crippen LogP contribution is 2.31. The lowest BCUT2D eigenvalue weighted by atomic mass is 9.90. The fourth-order valence-electron chi connectivity index (χ4n) is 3.93. The largest absolute Gasteiger partial charge is 0.451 e. The molecule has 1 aliphatic heterocycles. The van der Waals surface area contributed by atoms with Gasteiger partial charge in [-0.1, -0.05) is 19.1 Å². The Morgan fingerprint density at radius 2 is 1.76 bits per heavy atom. The topological polar surface area (TPSA) is 46.1 Å². The van der Waals surface area contributed by atoms with E-state index in [0.29, 0.717) is 44.2 Å². The lowest BCUT2D eigenvalue weighted by Crippen LogP contribution is -2.39. The van der Waals surface area contributed by atoms with E-state index in [1.54, 1.807) is 11.8 Å². The summed E-state index contributed by atoms with van der Waals surface area (Å²) in [5.74, 6) is -1.31. The molecule has 0 unspecified atom stereocenters. The first-order valence-corrected chi connectivity index (χ1v) is 10.9. The summed E-state index contributed by atoms with van der Waals surface area (Å²) in [6, 6.07) is 6.41. The number of anilines is 1. The number of carbonyl (C=O) groups excluding carboxylic acids is 1. The molecule has 1 aromatic heterocycles. The molecular weight excluding hydrogens is 448 g/mol. The lowest BCUT2D eigenvalue weighted by Gasteiger charge is -2.33. The normalized spacial score (nSPS) is 17.3. The number of ketones is 1. The molecule has 1 saturated heterocycles. The molecule has 2 heterocycles. The van der Waals surface area contributed by atoms with Crippen LogP contribution in [0.1, 0.15) is 55.3 Å². The van der Waals surface area contributed by atoms with Crippen molar-refractivity contribution in [2.75, 3.05) is 18.0 Å². The molecule has 10 heteroatoms. The number of benzene rings is 1. The summed E-state index contributed by atoms with van der Waals surface area (Å²) in [5.41, 5.74) is 0.292. The molecule has 180 valence electrons. The third-order valence-electron chi connectivity index (χ3n) is 5.75. The van der Waals surface area contributed by atoms with Crippen molar-refractivity contribution in [3.05, 3.63) is 53.0 Å². The average molecular weight is 473 g/mol. The molecule has 1 aromatic carbocycles. The highest BCUT2D eigenvalue weighted by Gasteiger charge is 2.36. The first kappa shape index (κ1) is 25.0. The Morgan fingerprint density at radius 1 is 1.06 bits per heavy atom. The van der Waals surface area contributed by atoms with Gasteiger partial charge in [0.1, 0.15) is 11.6 Å². The third-order valence-corrected chi connectivity index (χ3v) is 5.75. The first-order chi connectivity index (χ1) is 15.5. The number of piperidine rings is 1. The van der Waals surface area contributed by atoms with Crippen LogP contribution >= 0.6 is 0 Å². The van der Waals surface area contributed by atoms with Crippen molar-refractivity contribution in [2.45, 2.75) is 57.8 Å². The number of nitrogens with zero attached hydrogens (tertiary/aromatic N) is 3. The van der Waals surface area contributed by atoms with Crippen LogP contribution in [0.4, 0.5) is 32.2 Å². The van der Waals surface area contributed by atoms with Crippen molar-refractivity contribution in [1.29, 1.82) is 0 Å². The van der Waals surface area contributed by atoms with E-state index < -0.39 is 23.7 Å². The molecule has 0 amide bonds. The summed E-state index contributed by atoms with van der Waals surface area (Å²) in [7, 11) is 0. The van der Waals surface area contributed by atoms with E-state index in [0.717, 1.165) is 12.1 Å². The zero-order valence-electron chi connectivity index (χ0n) is 18.1. The van der Waals surface area contributed by atoms with Gasteiger partial charge in [0, 0.05) is 37.2 Å². The van der Waals surface area contributed by atoms with Gasteiger partial charge in [-0.05, 0) is 49.8 Å². The number of Topliss-reactive ketones (excluding diaryl/α,β-unsaturated/α-hetero) is 1. The SMILES string of the molecule is CCc1cc(N2CCC[C@@H](C(=O)CCCc3ccc(C(F)(F)F)cc3)C2)nc(C(F)(F)F)n1. The average Bonchev–Trinajstić information content (AvgIpc) is 2.78. The van der Waals surface area contributed by atoms with Crippen molar-refractivity contribution in [3.8, 4) is 0 Å². The standard InChI is InChI=1S/C23H25F6N3O/c1-2-18-13-20(31-21(30-18)23(27,28)29)32-12-4-6-16(14-32)19(33)7-3-5-15-8-10-17(11-9-15)22(24,25)26/h8-11,13,16H,2-7,12,14H2,1H3/t16-/m1/s1. The summed E-state index contributed by atoms with van der Waals surface area (Å²) >= 11 is 0. The Balaban J connectivity index is 1.58. The first-order valence-electron chi connectivity index (χ1n) is 10.9. The second-order valence-corrected chi connectivity index (χ2v) is 8.19. The minimum absolute atomic E-state index is 0.00688. The van der Waals surface area contributed by atoms with E-state index in [1.165, 1.54) is 18.2 Å². The van der Waals surface area contributed by atoms with E-state index >= 15 is 0 Å². The molecule has 4 nitrogen and oxygen atoms in total. The Bertz CT molecular complexity index is 956. The van der Waals surface area contributed by atoms with Gasteiger partial charge in [0.25, 0.3) is 0 Å². The number of hydrogen-bond acceptors (Lipinski definition) is 4. The molecule has 0 aliphatic carbocycles. The number of rotatable bonds is 7. The maximum atomic E-state index is 13.2. The maximum Gasteiger partial charge on any atom is 0.451 e. The van der Waals surface area contributed by atoms with Crippen LogP contribution in [-0.2, 0) is 30.0 Å². The van der Waals surface area contributed by atoms with Crippen LogP contribution in [0.5, 0.6) is 0 Å². The molecule has 33 heavy (non-hydrogen) atoms. The number of aryl methyl sites for hydroxylation is 2. The minimum Gasteiger partial charge on any atom is -0.356 e. The predicted octanol–water partition coefficient (Wildman–Crippen LogP) is 5.89. The highest BCUT2D eigenvalue weighted by atomic mass is 19.4. The molecule has 1 aliphatic rings. The van der Waals surface area contributed by atoms with Gasteiger partial charge in [0.2, 0.25) is 5.82 Å². The summed E-state index contributed by atoms with van der Waals surface area (Å²) in [6.07, 6.45) is -6.17. The van der Waals surface area contributed by atoms with Gasteiger partial charge < -0.3 is 4.90 Å². The second kappa shape index (κ2) is 10.1. The van der Waals surface area contributed by atoms with E-state index in [-0.39, 0.29) is 36.2 Å². The summed E-state index contributed by atoms with van der Waals surface area (Å²) < 4.78 is 77.4. The second-order valence-electron chi connectivity index (χ2n) is 8.19. The zero-order valence-corrected chi connectivity index (χ0v) is 18.1. The monoisotopic (exact) mass is 473 g/mol. The fourth-order valence-corrected chi connectivity index (χ4v) is 3.93. The predicted molar refractivity (Wildman–Crippen MR) is 111 cm³/mol. The number of aromatic nitrogens is 2. The quantitative estimate of drug-likeness (QED) is 0.471. The maximum absolute atomic E-state index is 13.2. The number of alkyl halides is 6. The smallest absolute Gasteiger partial charge is 0.356 e. The van der Waals surface area contributed by atoms with E-state index in [4.69, 9.17) is 0 Å². The van der Waals surface area contributed by atoms with Crippen LogP contribution < -0.4 is 4.90 Å². The Labute approximate surface area is 188 Å². The molecule has 2 aromatic rings. The van der Waals surface area contributed by atoms with Gasteiger partial charge in [-0.25, -0.2) is 9.97 Å². The number of hydrogen-bond donors (Lipinski definition) is 0. The molecule has 0 saturated carbocycles. The lowest BCUT2D eigenvalue weighted by molar-refractivity contribution is -0.145. The van der Waals surface area contributed by atoms with Crippen LogP contribution in [0.2, 0.25) is 0 Å². The Hall–Kier alpha value is -2.65. The summed E-state index contributed by atoms with van der Waals surface area (Å²) in [4.78, 5) is 21.7. The van der Waals surface area contributed by atoms with Gasteiger partial charge in [0.15, 0.2) is 0 Å². The molecule has 0 N–H and O–H groups in total. The van der Waals surface area contributed by atoms with Gasteiger partial charge in [0.05, 0.1) is 5.56 Å². The van der Waals surface area contributed by atoms with Crippen molar-refractivity contribution in [2.24, 2.45) is 5.92 Å². The van der Waals surface area contributed by atoms with E-state index in [1.807, 2.05) is 0 Å². The molecule has 0 spiro atoms. The third kappa shape index (κ3) is 6.68. The molecular formula is C23H25F6N3O. The van der Waals surface area contributed by atoms with Crippen LogP contribution in [-0.4, -0.2) is 28.8 Å². The van der Waals surface area contributed by atoms with Crippen molar-refractivity contribution in [3.63, 3.8) is 0 Å². The minimum atomic E-state index is -4.65. The van der Waals surface area contributed by atoms with Crippen LogP contribution in [0.3, 0.4) is 0 Å². The van der Waals surface area contributed by atoms with Crippen molar-refractivity contribution < 1.29 is 31.1 Å². The molecule has 0 bridgehead atoms. The zero-order chi connectivity index (χ0) is 24.2. The van der Waals surface area contributed by atoms with E-state index in [9.17, 15) is 31.1 Å². The molecule has 1 fully saturated rings. The van der Waals surface area contributed by atoms with Gasteiger partial charge in [-0.15, -0.1) is 0 Å². The summed E-state index contributed by atoms with van der Waals surface area (Å²) in [5, 5.41) is 0. The van der Waals surface area contributed by atoms with Crippen LogP contribution in [0.25, 0.3) is 0 Å². The Morgan fingerprint density at radius 3 is 2.36 bits per heavy atom. The van der Waals surface area contributed by atoms with E-state index in [2.05, 4.69) is 9.97 Å². The van der Waals surface area contributed by atoms with Crippen molar-refractivity contribution in [1.82, 2.24) is 9.97 Å². The molecule has 0 radical (unpaired) electrons. The molecule has 1 atom stereocenters. The Kier molecular flexibility index (Phi) is 7.64.